The van der Waals surface area contributed by atoms with Crippen LogP contribution in [-0.4, -0.2) is 31.3 Å². The van der Waals surface area contributed by atoms with Crippen LogP contribution in [0.2, 0.25) is 0 Å². The van der Waals surface area contributed by atoms with Gasteiger partial charge in [0.1, 0.15) is 15.9 Å². The number of hydrogen-bond donors (Lipinski definition) is 0. The van der Waals surface area contributed by atoms with Crippen molar-refractivity contribution >= 4 is 46.6 Å². The Labute approximate surface area is 224 Å². The zero-order valence-corrected chi connectivity index (χ0v) is 22.1. The van der Waals surface area contributed by atoms with Crippen molar-refractivity contribution in [2.75, 3.05) is 31.2 Å². The first-order valence-corrected chi connectivity index (χ1v) is 14.8. The van der Waals surface area contributed by atoms with Crippen molar-refractivity contribution in [2.24, 2.45) is 0 Å². The highest BCUT2D eigenvalue weighted by Crippen LogP contribution is 2.56. The van der Waals surface area contributed by atoms with Gasteiger partial charge in [-0.1, -0.05) is 84.9 Å². The van der Waals surface area contributed by atoms with E-state index in [-0.39, 0.29) is 0 Å². The Hall–Kier alpha value is -3.98. The molecule has 188 valence electrons. The second-order valence-electron chi connectivity index (χ2n) is 9.20. The number of benzene rings is 4. The largest absolute Gasteiger partial charge is 0.417 e. The fourth-order valence-electron chi connectivity index (χ4n) is 5.08. The third kappa shape index (κ3) is 4.69. The molecule has 0 N–H and O–H groups in total. The van der Waals surface area contributed by atoms with Crippen molar-refractivity contribution in [3.05, 3.63) is 133 Å². The molecule has 0 bridgehead atoms. The lowest BCUT2D eigenvalue weighted by molar-refractivity contribution is 0.121. The van der Waals surface area contributed by atoms with Crippen LogP contribution < -0.4 is 26.2 Å². The van der Waals surface area contributed by atoms with Gasteiger partial charge >= 0.3 is 0 Å². The van der Waals surface area contributed by atoms with Crippen LogP contribution in [0.4, 0.5) is 5.88 Å². The molecular weight excluding hydrogens is 487 g/mol. The number of aromatic nitrogens is 1. The van der Waals surface area contributed by atoms with Gasteiger partial charge in [-0.05, 0) is 48.0 Å². The second kappa shape index (κ2) is 11.2. The van der Waals surface area contributed by atoms with Crippen LogP contribution in [0.3, 0.4) is 0 Å². The number of anilines is 1. The lowest BCUT2D eigenvalue weighted by Gasteiger charge is -2.30. The lowest BCUT2D eigenvalue weighted by atomic mass is 10.2. The van der Waals surface area contributed by atoms with E-state index in [1.165, 1.54) is 15.9 Å². The molecule has 1 aliphatic heterocycles. The van der Waals surface area contributed by atoms with E-state index in [2.05, 4.69) is 114 Å². The van der Waals surface area contributed by atoms with Crippen molar-refractivity contribution in [1.29, 1.82) is 0 Å². The van der Waals surface area contributed by atoms with Crippen molar-refractivity contribution in [3.63, 3.8) is 0 Å². The predicted octanol–water partition coefficient (Wildman–Crippen LogP) is 5.30. The van der Waals surface area contributed by atoms with Crippen molar-refractivity contribution in [3.8, 4) is 0 Å². The number of oxazole rings is 1. The summed E-state index contributed by atoms with van der Waals surface area (Å²) < 4.78 is 12.4. The van der Waals surface area contributed by atoms with Gasteiger partial charge in [0.15, 0.2) is 7.26 Å². The first-order chi connectivity index (χ1) is 18.9. The summed E-state index contributed by atoms with van der Waals surface area (Å²) in [7, 11) is -2.41. The van der Waals surface area contributed by atoms with Gasteiger partial charge in [-0.3, -0.25) is 0 Å². The van der Waals surface area contributed by atoms with E-state index in [1.807, 2.05) is 24.3 Å². The Kier molecular flexibility index (Phi) is 7.17. The fraction of sp³-hybridized carbons (Fsp3) is 0.121. The van der Waals surface area contributed by atoms with E-state index in [4.69, 9.17) is 14.1 Å². The number of rotatable bonds is 7. The van der Waals surface area contributed by atoms with Crippen LogP contribution in [0.15, 0.2) is 126 Å². The summed E-state index contributed by atoms with van der Waals surface area (Å²) in [5.41, 5.74) is 2.10. The molecule has 1 aliphatic rings. The predicted molar refractivity (Wildman–Crippen MR) is 160 cm³/mol. The molecule has 2 heterocycles. The Morgan fingerprint density at radius 2 is 1.08 bits per heavy atom. The minimum absolute atomic E-state index is 0.609. The summed E-state index contributed by atoms with van der Waals surface area (Å²) in [6.45, 7) is 2.87. The molecule has 1 aromatic heterocycles. The lowest BCUT2D eigenvalue weighted by Crippen LogP contribution is -2.44. The number of hydrogen-bond acceptors (Lipinski definition) is 4. The maximum absolute atomic E-state index is 6.65. The van der Waals surface area contributed by atoms with Crippen molar-refractivity contribution in [1.82, 2.24) is 4.98 Å². The molecule has 4 aromatic carbocycles. The molecule has 6 rings (SSSR count). The number of morpholine rings is 1. The zero-order chi connectivity index (χ0) is 25.6. The quantitative estimate of drug-likeness (QED) is 0.275. The minimum atomic E-state index is -2.41. The summed E-state index contributed by atoms with van der Waals surface area (Å²) >= 11 is 0. The van der Waals surface area contributed by atoms with Crippen LogP contribution >= 0.6 is 7.26 Å². The normalized spacial score (nSPS) is 14.2. The Balaban J connectivity index is 1.63. The summed E-state index contributed by atoms with van der Waals surface area (Å²) in [5, 5.41) is 3.75. The molecular formula is C33H30N2O2P+. The molecule has 0 atom stereocenters. The Morgan fingerprint density at radius 1 is 0.605 bits per heavy atom. The smallest absolute Gasteiger partial charge is 0.262 e. The highest BCUT2D eigenvalue weighted by atomic mass is 31.2. The highest BCUT2D eigenvalue weighted by molar-refractivity contribution is 8.01. The van der Waals surface area contributed by atoms with Crippen LogP contribution in [0, 0.1) is 0 Å². The molecule has 0 aliphatic carbocycles. The van der Waals surface area contributed by atoms with Gasteiger partial charge < -0.3 is 14.1 Å². The topological polar surface area (TPSA) is 38.5 Å². The maximum atomic E-state index is 6.65. The van der Waals surface area contributed by atoms with E-state index in [1.54, 1.807) is 0 Å². The molecule has 0 spiro atoms. The summed E-state index contributed by atoms with van der Waals surface area (Å²) in [6, 6.07) is 42.7. The summed E-state index contributed by atoms with van der Waals surface area (Å²) in [6.07, 6.45) is 4.05. The van der Waals surface area contributed by atoms with Crippen LogP contribution in [0.5, 0.6) is 0 Å². The number of ether oxygens (including phenoxy) is 1. The van der Waals surface area contributed by atoms with Crippen molar-refractivity contribution in [2.45, 2.75) is 0 Å². The molecule has 1 saturated heterocycles. The van der Waals surface area contributed by atoms with Crippen LogP contribution in [0.25, 0.3) is 12.2 Å². The SMILES string of the molecule is C(=C\c1nc([P+](c2ccccc2)(c2ccccc2)c2ccccc2)c(N2CCOCC2)o1)/c1ccccc1. The standard InChI is InChI=1S/C33H30N2O2P/c1-5-13-27(14-6-1)21-22-31-34-32(33(37-31)35-23-25-36-26-24-35)38(28-15-7-2-8-16-28,29-17-9-3-10-18-29)30-19-11-4-12-20-30/h1-22H,23-26H2/q+1/b22-21+. The van der Waals surface area contributed by atoms with Gasteiger partial charge in [0.25, 0.3) is 11.3 Å². The monoisotopic (exact) mass is 517 g/mol. The van der Waals surface area contributed by atoms with E-state index < -0.39 is 7.26 Å². The molecule has 1 fully saturated rings. The Morgan fingerprint density at radius 3 is 1.58 bits per heavy atom. The van der Waals surface area contributed by atoms with Gasteiger partial charge in [-0.15, -0.1) is 0 Å². The summed E-state index contributed by atoms with van der Waals surface area (Å²) in [5.74, 6) is 1.45. The fourth-order valence-corrected chi connectivity index (χ4v) is 9.29. The van der Waals surface area contributed by atoms with Gasteiger partial charge in [-0.2, -0.15) is 4.98 Å². The van der Waals surface area contributed by atoms with E-state index >= 15 is 0 Å². The van der Waals surface area contributed by atoms with Gasteiger partial charge in [-0.25, -0.2) is 0 Å². The average molecular weight is 518 g/mol. The molecule has 0 amide bonds. The third-order valence-corrected chi connectivity index (χ3v) is 11.0. The third-order valence-electron chi connectivity index (χ3n) is 6.87. The van der Waals surface area contributed by atoms with E-state index in [0.717, 1.165) is 30.0 Å². The van der Waals surface area contributed by atoms with E-state index in [0.29, 0.717) is 19.1 Å². The summed E-state index contributed by atoms with van der Waals surface area (Å²) in [4.78, 5) is 7.62. The van der Waals surface area contributed by atoms with Crippen LogP contribution in [0.1, 0.15) is 11.5 Å². The van der Waals surface area contributed by atoms with Gasteiger partial charge in [0.05, 0.1) is 13.2 Å². The first-order valence-electron chi connectivity index (χ1n) is 13.0. The highest BCUT2D eigenvalue weighted by Gasteiger charge is 2.53. The molecule has 38 heavy (non-hydrogen) atoms. The molecule has 5 heteroatoms. The van der Waals surface area contributed by atoms with Gasteiger partial charge in [0.2, 0.25) is 5.89 Å². The number of nitrogens with zero attached hydrogens (tertiary/aromatic N) is 2. The molecule has 0 saturated carbocycles. The molecule has 0 unspecified atom stereocenters. The molecule has 0 radical (unpaired) electrons. The zero-order valence-electron chi connectivity index (χ0n) is 21.2. The molecule has 5 aromatic rings. The van der Waals surface area contributed by atoms with Crippen LogP contribution in [-0.2, 0) is 4.74 Å². The first kappa shape index (κ1) is 24.4. The van der Waals surface area contributed by atoms with E-state index in [9.17, 15) is 0 Å². The van der Waals surface area contributed by atoms with Gasteiger partial charge in [0, 0.05) is 19.2 Å². The maximum Gasteiger partial charge on any atom is 0.262 e. The Bertz CT molecular complexity index is 1380. The van der Waals surface area contributed by atoms with Crippen molar-refractivity contribution < 1.29 is 9.15 Å². The second-order valence-corrected chi connectivity index (χ2v) is 12.5. The minimum Gasteiger partial charge on any atom is -0.417 e. The average Bonchev–Trinajstić information content (AvgIpc) is 3.44. The molecule has 4 nitrogen and oxygen atoms in total.